The van der Waals surface area contributed by atoms with E-state index < -0.39 is 0 Å². The van der Waals surface area contributed by atoms with E-state index in [2.05, 4.69) is 42.2 Å². The van der Waals surface area contributed by atoms with Crippen molar-refractivity contribution in [2.24, 2.45) is 5.73 Å². The average molecular weight is 253 g/mol. The second-order valence-corrected chi connectivity index (χ2v) is 5.55. The highest BCUT2D eigenvalue weighted by Gasteiger charge is 2.29. The molecule has 0 aliphatic heterocycles. The first-order chi connectivity index (χ1) is 9.11. The van der Waals surface area contributed by atoms with Crippen LogP contribution in [0.25, 0.3) is 11.3 Å². The zero-order chi connectivity index (χ0) is 13.4. The smallest absolute Gasteiger partial charge is 0.132 e. The third-order valence-corrected chi connectivity index (χ3v) is 3.73. The minimum atomic E-state index is 0.330. The number of nitrogens with two attached hydrogens (primary N) is 1. The first kappa shape index (κ1) is 12.3. The Morgan fingerprint density at radius 3 is 2.58 bits per heavy atom. The number of aromatic nitrogens is 2. The normalized spacial score (nSPS) is 22.1. The van der Waals surface area contributed by atoms with E-state index >= 15 is 0 Å². The Morgan fingerprint density at radius 2 is 1.89 bits per heavy atom. The Labute approximate surface area is 113 Å². The molecule has 2 aromatic rings. The lowest BCUT2D eigenvalue weighted by atomic mass is 9.80. The minimum absolute atomic E-state index is 0.330. The molecule has 1 aromatic carbocycles. The summed E-state index contributed by atoms with van der Waals surface area (Å²) in [6.45, 7) is 4.13. The number of nitrogens with zero attached hydrogens (tertiary/aromatic N) is 2. The molecule has 1 saturated carbocycles. The molecule has 0 radical (unpaired) electrons. The molecule has 98 valence electrons. The van der Waals surface area contributed by atoms with E-state index in [9.17, 15) is 0 Å². The number of hydrogen-bond donors (Lipinski definition) is 1. The predicted octanol–water partition coefficient (Wildman–Crippen LogP) is 2.97. The monoisotopic (exact) mass is 253 g/mol. The summed E-state index contributed by atoms with van der Waals surface area (Å²) in [6, 6.07) is 10.8. The summed E-state index contributed by atoms with van der Waals surface area (Å²) >= 11 is 0. The Morgan fingerprint density at radius 1 is 1.11 bits per heavy atom. The number of aryl methyl sites for hydroxylation is 2. The standard InChI is InChI=1S/C16H19N3/c1-10-4-3-5-12(6-10)15-7-11(2)18-16(19-15)13-8-14(17)9-13/h3-7,13-14H,8-9,17H2,1-2H3. The third kappa shape index (κ3) is 2.51. The highest BCUT2D eigenvalue weighted by molar-refractivity contribution is 5.60. The summed E-state index contributed by atoms with van der Waals surface area (Å²) in [5.41, 5.74) is 10.3. The van der Waals surface area contributed by atoms with Gasteiger partial charge in [0.25, 0.3) is 0 Å². The van der Waals surface area contributed by atoms with E-state index in [4.69, 9.17) is 10.7 Å². The SMILES string of the molecule is Cc1cccc(-c2cc(C)nc(C3CC(N)C3)n2)c1. The average Bonchev–Trinajstić information content (AvgIpc) is 2.34. The van der Waals surface area contributed by atoms with Crippen molar-refractivity contribution >= 4 is 0 Å². The van der Waals surface area contributed by atoms with Gasteiger partial charge < -0.3 is 5.73 Å². The molecule has 1 aliphatic carbocycles. The molecule has 0 saturated heterocycles. The molecule has 0 bridgehead atoms. The molecule has 1 aromatic heterocycles. The van der Waals surface area contributed by atoms with Gasteiger partial charge in [-0.3, -0.25) is 0 Å². The molecule has 0 atom stereocenters. The van der Waals surface area contributed by atoms with Crippen LogP contribution in [0, 0.1) is 13.8 Å². The van der Waals surface area contributed by atoms with Crippen LogP contribution in [0.1, 0.15) is 35.8 Å². The third-order valence-electron chi connectivity index (χ3n) is 3.73. The lowest BCUT2D eigenvalue weighted by molar-refractivity contribution is 0.338. The summed E-state index contributed by atoms with van der Waals surface area (Å²) in [6.07, 6.45) is 2.02. The van der Waals surface area contributed by atoms with Gasteiger partial charge in [0.1, 0.15) is 5.82 Å². The van der Waals surface area contributed by atoms with Crippen LogP contribution in [0.2, 0.25) is 0 Å². The second-order valence-electron chi connectivity index (χ2n) is 5.55. The lowest BCUT2D eigenvalue weighted by Gasteiger charge is -2.31. The molecule has 3 heteroatoms. The highest BCUT2D eigenvalue weighted by Crippen LogP contribution is 2.34. The molecule has 0 amide bonds. The quantitative estimate of drug-likeness (QED) is 0.895. The van der Waals surface area contributed by atoms with Crippen molar-refractivity contribution in [1.29, 1.82) is 0 Å². The largest absolute Gasteiger partial charge is 0.328 e. The van der Waals surface area contributed by atoms with Gasteiger partial charge in [0.15, 0.2) is 0 Å². The maximum atomic E-state index is 5.86. The first-order valence-corrected chi connectivity index (χ1v) is 6.80. The number of benzene rings is 1. The van der Waals surface area contributed by atoms with Gasteiger partial charge in [-0.1, -0.05) is 23.8 Å². The molecule has 1 aliphatic rings. The summed E-state index contributed by atoms with van der Waals surface area (Å²) in [5, 5.41) is 0. The van der Waals surface area contributed by atoms with Crippen molar-refractivity contribution in [3.05, 3.63) is 47.4 Å². The van der Waals surface area contributed by atoms with Gasteiger partial charge in [-0.2, -0.15) is 0 Å². The molecule has 3 nitrogen and oxygen atoms in total. The molecular weight excluding hydrogens is 234 g/mol. The van der Waals surface area contributed by atoms with Crippen molar-refractivity contribution in [1.82, 2.24) is 9.97 Å². The lowest BCUT2D eigenvalue weighted by Crippen LogP contribution is -2.35. The topological polar surface area (TPSA) is 51.8 Å². The molecule has 19 heavy (non-hydrogen) atoms. The van der Waals surface area contributed by atoms with Crippen molar-refractivity contribution < 1.29 is 0 Å². The van der Waals surface area contributed by atoms with E-state index in [-0.39, 0.29) is 0 Å². The molecule has 2 N–H and O–H groups in total. The molecule has 1 heterocycles. The van der Waals surface area contributed by atoms with Gasteiger partial charge in [0.05, 0.1) is 5.69 Å². The van der Waals surface area contributed by atoms with E-state index in [0.717, 1.165) is 35.6 Å². The second kappa shape index (κ2) is 4.74. The zero-order valence-electron chi connectivity index (χ0n) is 11.4. The Hall–Kier alpha value is -1.74. The van der Waals surface area contributed by atoms with Crippen molar-refractivity contribution in [2.75, 3.05) is 0 Å². The first-order valence-electron chi connectivity index (χ1n) is 6.80. The molecule has 0 unspecified atom stereocenters. The number of hydrogen-bond acceptors (Lipinski definition) is 3. The maximum absolute atomic E-state index is 5.86. The summed E-state index contributed by atoms with van der Waals surface area (Å²) < 4.78 is 0. The van der Waals surface area contributed by atoms with Crippen LogP contribution in [0.3, 0.4) is 0 Å². The van der Waals surface area contributed by atoms with Crippen molar-refractivity contribution in [3.63, 3.8) is 0 Å². The van der Waals surface area contributed by atoms with Crippen LogP contribution >= 0.6 is 0 Å². The van der Waals surface area contributed by atoms with Gasteiger partial charge in [-0.15, -0.1) is 0 Å². The van der Waals surface area contributed by atoms with Gasteiger partial charge in [-0.25, -0.2) is 9.97 Å². The van der Waals surface area contributed by atoms with Crippen LogP contribution in [0.15, 0.2) is 30.3 Å². The maximum Gasteiger partial charge on any atom is 0.132 e. The van der Waals surface area contributed by atoms with Crippen molar-refractivity contribution in [3.8, 4) is 11.3 Å². The zero-order valence-corrected chi connectivity index (χ0v) is 11.4. The van der Waals surface area contributed by atoms with Crippen LogP contribution in [0.4, 0.5) is 0 Å². The Balaban J connectivity index is 1.98. The minimum Gasteiger partial charge on any atom is -0.328 e. The van der Waals surface area contributed by atoms with Crippen LogP contribution in [-0.2, 0) is 0 Å². The van der Waals surface area contributed by atoms with E-state index in [1.54, 1.807) is 0 Å². The van der Waals surface area contributed by atoms with Gasteiger partial charge in [0, 0.05) is 23.2 Å². The van der Waals surface area contributed by atoms with E-state index in [1.165, 1.54) is 5.56 Å². The van der Waals surface area contributed by atoms with Crippen molar-refractivity contribution in [2.45, 2.75) is 38.6 Å². The molecule has 0 spiro atoms. The fourth-order valence-corrected chi connectivity index (χ4v) is 2.60. The molecule has 3 rings (SSSR count). The Bertz CT molecular complexity index is 601. The van der Waals surface area contributed by atoms with Gasteiger partial charge >= 0.3 is 0 Å². The van der Waals surface area contributed by atoms with E-state index in [1.807, 2.05) is 6.92 Å². The van der Waals surface area contributed by atoms with Gasteiger partial charge in [-0.05, 0) is 38.8 Å². The summed E-state index contributed by atoms with van der Waals surface area (Å²) in [4.78, 5) is 9.31. The van der Waals surface area contributed by atoms with Gasteiger partial charge in [0.2, 0.25) is 0 Å². The Kier molecular flexibility index (Phi) is 3.07. The molecule has 1 fully saturated rings. The highest BCUT2D eigenvalue weighted by atomic mass is 14.9. The predicted molar refractivity (Wildman–Crippen MR) is 76.9 cm³/mol. The molecular formula is C16H19N3. The fraction of sp³-hybridized carbons (Fsp3) is 0.375. The summed E-state index contributed by atoms with van der Waals surface area (Å²) in [5.74, 6) is 1.40. The van der Waals surface area contributed by atoms with Crippen LogP contribution in [-0.4, -0.2) is 16.0 Å². The number of rotatable bonds is 2. The fourth-order valence-electron chi connectivity index (χ4n) is 2.60. The van der Waals surface area contributed by atoms with E-state index in [0.29, 0.717) is 12.0 Å². The van der Waals surface area contributed by atoms with Crippen LogP contribution < -0.4 is 5.73 Å². The van der Waals surface area contributed by atoms with Crippen LogP contribution in [0.5, 0.6) is 0 Å². The summed E-state index contributed by atoms with van der Waals surface area (Å²) in [7, 11) is 0.